The van der Waals surface area contributed by atoms with Crippen LogP contribution in [0, 0.1) is 6.92 Å². The normalized spacial score (nSPS) is 12.6. The molecule has 0 radical (unpaired) electrons. The van der Waals surface area contributed by atoms with E-state index in [4.69, 9.17) is 5.73 Å². The van der Waals surface area contributed by atoms with E-state index in [-0.39, 0.29) is 0 Å². The number of hydrogen-bond acceptors (Lipinski definition) is 3. The van der Waals surface area contributed by atoms with E-state index in [2.05, 4.69) is 18.3 Å². The van der Waals surface area contributed by atoms with Crippen LogP contribution in [0.4, 0.5) is 18.9 Å². The van der Waals surface area contributed by atoms with Gasteiger partial charge in [0, 0.05) is 22.5 Å². The van der Waals surface area contributed by atoms with Gasteiger partial charge in [-0.15, -0.1) is 11.8 Å². The largest absolute Gasteiger partial charge is 0.416 e. The lowest BCUT2D eigenvalue weighted by Gasteiger charge is -2.09. The number of aliphatic imine (C=N–C) groups is 1. The molecule has 0 atom stereocenters. The molecule has 1 aromatic carbocycles. The number of rotatable bonds is 6. The van der Waals surface area contributed by atoms with Gasteiger partial charge in [-0.1, -0.05) is 18.7 Å². The maximum absolute atomic E-state index is 12.8. The van der Waals surface area contributed by atoms with Crippen molar-refractivity contribution in [1.29, 1.82) is 0 Å². The average molecular weight is 326 g/mol. The third-order valence-corrected chi connectivity index (χ3v) is 3.73. The predicted octanol–water partition coefficient (Wildman–Crippen LogP) is 5.03. The number of anilines is 1. The molecule has 0 saturated carbocycles. The lowest BCUT2D eigenvalue weighted by atomic mass is 10.1. The molecule has 0 aliphatic carbocycles. The maximum atomic E-state index is 12.8. The minimum Gasteiger partial charge on any atom is -0.399 e. The summed E-state index contributed by atoms with van der Waals surface area (Å²) >= 11 is 1.23. The minimum absolute atomic E-state index is 0.315. The Morgan fingerprint density at radius 1 is 1.41 bits per heavy atom. The Labute approximate surface area is 132 Å². The van der Waals surface area contributed by atoms with E-state index in [0.29, 0.717) is 16.3 Å². The molecule has 0 aliphatic rings. The molecule has 0 aliphatic heterocycles. The van der Waals surface area contributed by atoms with Crippen molar-refractivity contribution in [1.82, 2.24) is 0 Å². The molecule has 0 saturated heterocycles. The monoisotopic (exact) mass is 326 g/mol. The Hall–Kier alpha value is -1.95. The molecule has 6 heteroatoms. The Morgan fingerprint density at radius 3 is 2.64 bits per heavy atom. The number of aryl methyl sites for hydroxylation is 1. The number of benzene rings is 1. The summed E-state index contributed by atoms with van der Waals surface area (Å²) < 4.78 is 38.5. The highest BCUT2D eigenvalue weighted by Gasteiger charge is 2.31. The number of nitrogen functional groups attached to an aromatic ring is 1. The summed E-state index contributed by atoms with van der Waals surface area (Å²) in [5, 5.41) is 0. The van der Waals surface area contributed by atoms with Gasteiger partial charge < -0.3 is 5.73 Å². The van der Waals surface area contributed by atoms with Gasteiger partial charge in [-0.2, -0.15) is 13.2 Å². The van der Waals surface area contributed by atoms with Crippen molar-refractivity contribution < 1.29 is 13.2 Å². The molecule has 0 amide bonds. The second-order valence-corrected chi connectivity index (χ2v) is 5.64. The SMILES string of the molecule is C=N/C=C\C(=C/C(=C)SCc1ccc(N)c(C)c1)C(F)(F)F. The topological polar surface area (TPSA) is 38.4 Å². The van der Waals surface area contributed by atoms with Crippen LogP contribution < -0.4 is 5.73 Å². The number of thioether (sulfide) groups is 1. The molecule has 0 unspecified atom stereocenters. The molecule has 2 nitrogen and oxygen atoms in total. The van der Waals surface area contributed by atoms with Crippen molar-refractivity contribution in [2.24, 2.45) is 4.99 Å². The molecule has 0 aromatic heterocycles. The van der Waals surface area contributed by atoms with Crippen LogP contribution in [0.15, 0.2) is 58.6 Å². The predicted molar refractivity (Wildman–Crippen MR) is 88.9 cm³/mol. The summed E-state index contributed by atoms with van der Waals surface area (Å²) in [5.41, 5.74) is 7.51. The quantitative estimate of drug-likeness (QED) is 0.452. The molecule has 1 rings (SSSR count). The molecule has 0 bridgehead atoms. The van der Waals surface area contributed by atoms with Crippen molar-refractivity contribution in [2.75, 3.05) is 5.73 Å². The molecule has 0 spiro atoms. The fourth-order valence-corrected chi connectivity index (χ4v) is 2.32. The zero-order valence-electron chi connectivity index (χ0n) is 12.2. The van der Waals surface area contributed by atoms with E-state index in [0.717, 1.165) is 29.5 Å². The van der Waals surface area contributed by atoms with Crippen molar-refractivity contribution in [3.63, 3.8) is 0 Å². The van der Waals surface area contributed by atoms with E-state index < -0.39 is 11.7 Å². The zero-order chi connectivity index (χ0) is 16.8. The number of nitrogens with two attached hydrogens (primary N) is 1. The van der Waals surface area contributed by atoms with Gasteiger partial charge in [-0.05, 0) is 43.0 Å². The van der Waals surface area contributed by atoms with Gasteiger partial charge >= 0.3 is 6.18 Å². The van der Waals surface area contributed by atoms with Crippen LogP contribution in [-0.4, -0.2) is 12.9 Å². The highest BCUT2D eigenvalue weighted by atomic mass is 32.2. The number of allylic oxidation sites excluding steroid dienone is 3. The second kappa shape index (κ2) is 7.89. The van der Waals surface area contributed by atoms with Crippen LogP contribution in [0.1, 0.15) is 11.1 Å². The van der Waals surface area contributed by atoms with Crippen LogP contribution in [0.3, 0.4) is 0 Å². The third-order valence-electron chi connectivity index (χ3n) is 2.76. The summed E-state index contributed by atoms with van der Waals surface area (Å²) in [6, 6.07) is 5.54. The number of hydrogen-bond donors (Lipinski definition) is 1. The van der Waals surface area contributed by atoms with Crippen LogP contribution in [0.25, 0.3) is 0 Å². The third kappa shape index (κ3) is 5.81. The molecule has 22 heavy (non-hydrogen) atoms. The van der Waals surface area contributed by atoms with Crippen molar-refractivity contribution in [2.45, 2.75) is 18.9 Å². The fraction of sp³-hybridized carbons (Fsp3) is 0.188. The van der Waals surface area contributed by atoms with Gasteiger partial charge in [0.2, 0.25) is 0 Å². The van der Waals surface area contributed by atoms with Gasteiger partial charge in [0.1, 0.15) is 0 Å². The first-order valence-electron chi connectivity index (χ1n) is 6.32. The first-order valence-corrected chi connectivity index (χ1v) is 7.30. The number of alkyl halides is 3. The zero-order valence-corrected chi connectivity index (χ0v) is 13.0. The number of halogens is 3. The Bertz CT molecular complexity index is 616. The Morgan fingerprint density at radius 2 is 2.09 bits per heavy atom. The van der Waals surface area contributed by atoms with E-state index in [1.54, 1.807) is 6.07 Å². The standard InChI is InChI=1S/C16H17F3N2S/c1-11-8-13(4-5-15(11)20)10-22-12(2)9-14(6-7-21-3)16(17,18)19/h4-9H,2-3,10,20H2,1H3/b7-6-,14-9+. The lowest BCUT2D eigenvalue weighted by molar-refractivity contribution is -0.0882. The van der Waals surface area contributed by atoms with Gasteiger partial charge in [0.05, 0.1) is 5.57 Å². The molecule has 1 aromatic rings. The van der Waals surface area contributed by atoms with Gasteiger partial charge in [-0.3, -0.25) is 4.99 Å². The van der Waals surface area contributed by atoms with Gasteiger partial charge in [0.25, 0.3) is 0 Å². The van der Waals surface area contributed by atoms with E-state index in [9.17, 15) is 13.2 Å². The fourth-order valence-electron chi connectivity index (χ4n) is 1.58. The smallest absolute Gasteiger partial charge is 0.399 e. The number of nitrogens with zero attached hydrogens (tertiary/aromatic N) is 1. The molecule has 2 N–H and O–H groups in total. The van der Waals surface area contributed by atoms with Crippen molar-refractivity contribution >= 4 is 24.2 Å². The Balaban J connectivity index is 2.78. The van der Waals surface area contributed by atoms with E-state index in [1.165, 1.54) is 11.8 Å². The van der Waals surface area contributed by atoms with Crippen LogP contribution in [0.2, 0.25) is 0 Å². The van der Waals surface area contributed by atoms with Crippen molar-refractivity contribution in [3.8, 4) is 0 Å². The highest BCUT2D eigenvalue weighted by molar-refractivity contribution is 8.02. The molecule has 0 heterocycles. The highest BCUT2D eigenvalue weighted by Crippen LogP contribution is 2.31. The van der Waals surface area contributed by atoms with Crippen LogP contribution in [0.5, 0.6) is 0 Å². The van der Waals surface area contributed by atoms with Crippen LogP contribution in [-0.2, 0) is 5.75 Å². The maximum Gasteiger partial charge on any atom is 0.416 e. The second-order valence-electron chi connectivity index (χ2n) is 4.54. The van der Waals surface area contributed by atoms with E-state index >= 15 is 0 Å². The summed E-state index contributed by atoms with van der Waals surface area (Å²) in [6.45, 7) is 8.65. The van der Waals surface area contributed by atoms with Crippen LogP contribution >= 0.6 is 11.8 Å². The lowest BCUT2D eigenvalue weighted by Crippen LogP contribution is -2.10. The average Bonchev–Trinajstić information content (AvgIpc) is 2.43. The first-order chi connectivity index (χ1) is 10.2. The molecular weight excluding hydrogens is 309 g/mol. The summed E-state index contributed by atoms with van der Waals surface area (Å²) in [7, 11) is 0. The molecule has 0 fully saturated rings. The van der Waals surface area contributed by atoms with Gasteiger partial charge in [0.15, 0.2) is 0 Å². The van der Waals surface area contributed by atoms with E-state index in [1.807, 2.05) is 19.1 Å². The molecular formula is C16H17F3N2S. The summed E-state index contributed by atoms with van der Waals surface area (Å²) in [4.78, 5) is 3.60. The van der Waals surface area contributed by atoms with Gasteiger partial charge in [-0.25, -0.2) is 0 Å². The summed E-state index contributed by atoms with van der Waals surface area (Å²) in [5.74, 6) is 0.519. The van der Waals surface area contributed by atoms with Crippen molar-refractivity contribution in [3.05, 3.63) is 64.7 Å². The molecule has 118 valence electrons. The first kappa shape index (κ1) is 18.1. The minimum atomic E-state index is -4.46. The summed E-state index contributed by atoms with van der Waals surface area (Å²) in [6.07, 6.45) is -1.59. The Kier molecular flexibility index (Phi) is 6.49.